The summed E-state index contributed by atoms with van der Waals surface area (Å²) in [5, 5.41) is 0. The number of nitrogen functional groups attached to an aromatic ring is 1. The molecule has 2 rings (SSSR count). The average Bonchev–Trinajstić information content (AvgIpc) is 2.92. The summed E-state index contributed by atoms with van der Waals surface area (Å²) in [6.45, 7) is 8.00. The Morgan fingerprint density at radius 1 is 1.45 bits per heavy atom. The lowest BCUT2D eigenvalue weighted by Gasteiger charge is -2.26. The summed E-state index contributed by atoms with van der Waals surface area (Å²) in [5.41, 5.74) is 7.07. The van der Waals surface area contributed by atoms with Crippen molar-refractivity contribution >= 4 is 27.5 Å². The first-order chi connectivity index (χ1) is 9.56. The van der Waals surface area contributed by atoms with Gasteiger partial charge in [0.25, 0.3) is 5.91 Å². The number of halogens is 1. The van der Waals surface area contributed by atoms with Crippen molar-refractivity contribution in [3.63, 3.8) is 0 Å². The van der Waals surface area contributed by atoms with Gasteiger partial charge in [-0.15, -0.1) is 0 Å². The summed E-state index contributed by atoms with van der Waals surface area (Å²) in [6.07, 6.45) is 1.04. The van der Waals surface area contributed by atoms with Crippen LogP contribution in [0.15, 0.2) is 22.7 Å². The number of likely N-dealkylation sites (N-methyl/N-ethyl adjacent to an activating group) is 1. The zero-order valence-electron chi connectivity index (χ0n) is 12.1. The maximum atomic E-state index is 12.6. The molecule has 1 aromatic rings. The van der Waals surface area contributed by atoms with E-state index in [0.29, 0.717) is 17.3 Å². The van der Waals surface area contributed by atoms with Gasteiger partial charge in [-0.25, -0.2) is 0 Å². The molecule has 0 radical (unpaired) electrons. The number of benzene rings is 1. The smallest absolute Gasteiger partial charge is 0.256 e. The van der Waals surface area contributed by atoms with E-state index in [0.717, 1.165) is 37.1 Å². The third-order valence-corrected chi connectivity index (χ3v) is 4.52. The molecule has 0 bridgehead atoms. The van der Waals surface area contributed by atoms with Crippen LogP contribution in [0.25, 0.3) is 0 Å². The van der Waals surface area contributed by atoms with Crippen molar-refractivity contribution in [1.82, 2.24) is 9.80 Å². The Morgan fingerprint density at radius 3 is 2.80 bits per heavy atom. The quantitative estimate of drug-likeness (QED) is 0.857. The Kier molecular flexibility index (Phi) is 5.05. The van der Waals surface area contributed by atoms with Gasteiger partial charge in [-0.2, -0.15) is 0 Å². The zero-order chi connectivity index (χ0) is 14.7. The molecule has 0 saturated carbocycles. The molecule has 0 aliphatic carbocycles. The summed E-state index contributed by atoms with van der Waals surface area (Å²) in [7, 11) is 0. The maximum absolute atomic E-state index is 12.6. The second-order valence-corrected chi connectivity index (χ2v) is 6.06. The van der Waals surface area contributed by atoms with Crippen LogP contribution in [0.4, 0.5) is 5.69 Å². The number of carbonyl (C=O) groups is 1. The number of hydrogen-bond donors (Lipinski definition) is 1. The minimum absolute atomic E-state index is 0.0402. The highest BCUT2D eigenvalue weighted by atomic mass is 79.9. The van der Waals surface area contributed by atoms with E-state index in [9.17, 15) is 4.79 Å². The zero-order valence-corrected chi connectivity index (χ0v) is 13.7. The second-order valence-electron chi connectivity index (χ2n) is 5.15. The Hall–Kier alpha value is -1.07. The van der Waals surface area contributed by atoms with Crippen molar-refractivity contribution < 1.29 is 4.79 Å². The third kappa shape index (κ3) is 3.15. The fourth-order valence-electron chi connectivity index (χ4n) is 2.85. The highest BCUT2D eigenvalue weighted by Crippen LogP contribution is 2.23. The standard InChI is InChI=1S/C15H22BrN3O/c1-3-18(4-2)12-7-8-19(10-12)15(20)13-9-11(16)5-6-14(13)17/h5-6,9,12H,3-4,7-8,10,17H2,1-2H3. The Labute approximate surface area is 129 Å². The highest BCUT2D eigenvalue weighted by molar-refractivity contribution is 9.10. The maximum Gasteiger partial charge on any atom is 0.256 e. The van der Waals surface area contributed by atoms with Gasteiger partial charge in [-0.1, -0.05) is 29.8 Å². The molecular weight excluding hydrogens is 318 g/mol. The highest BCUT2D eigenvalue weighted by Gasteiger charge is 2.30. The van der Waals surface area contributed by atoms with Crippen LogP contribution in [0.1, 0.15) is 30.6 Å². The Morgan fingerprint density at radius 2 is 2.15 bits per heavy atom. The van der Waals surface area contributed by atoms with E-state index in [1.54, 1.807) is 6.07 Å². The van der Waals surface area contributed by atoms with Gasteiger partial charge in [-0.05, 0) is 37.7 Å². The molecule has 0 aromatic heterocycles. The summed E-state index contributed by atoms with van der Waals surface area (Å²) in [5.74, 6) is 0.0402. The SMILES string of the molecule is CCN(CC)C1CCN(C(=O)c2cc(Br)ccc2N)C1. The molecule has 1 atom stereocenters. The topological polar surface area (TPSA) is 49.6 Å². The van der Waals surface area contributed by atoms with E-state index in [1.807, 2.05) is 17.0 Å². The molecule has 20 heavy (non-hydrogen) atoms. The van der Waals surface area contributed by atoms with Crippen LogP contribution in [0.3, 0.4) is 0 Å². The van der Waals surface area contributed by atoms with Crippen LogP contribution in [0.5, 0.6) is 0 Å². The monoisotopic (exact) mass is 339 g/mol. The number of anilines is 1. The largest absolute Gasteiger partial charge is 0.398 e. The van der Waals surface area contributed by atoms with Crippen LogP contribution in [-0.2, 0) is 0 Å². The summed E-state index contributed by atoms with van der Waals surface area (Å²) < 4.78 is 0.884. The molecule has 5 heteroatoms. The van der Waals surface area contributed by atoms with Gasteiger partial charge in [0.2, 0.25) is 0 Å². The Balaban J connectivity index is 2.10. The number of likely N-dealkylation sites (tertiary alicyclic amines) is 1. The first kappa shape index (κ1) is 15.3. The normalized spacial score (nSPS) is 18.8. The van der Waals surface area contributed by atoms with Crippen LogP contribution >= 0.6 is 15.9 Å². The van der Waals surface area contributed by atoms with Gasteiger partial charge < -0.3 is 10.6 Å². The van der Waals surface area contributed by atoms with Gasteiger partial charge in [-0.3, -0.25) is 9.69 Å². The predicted molar refractivity (Wildman–Crippen MR) is 85.8 cm³/mol. The van der Waals surface area contributed by atoms with Crippen molar-refractivity contribution in [2.24, 2.45) is 0 Å². The average molecular weight is 340 g/mol. The molecule has 1 saturated heterocycles. The molecule has 4 nitrogen and oxygen atoms in total. The van der Waals surface area contributed by atoms with E-state index < -0.39 is 0 Å². The van der Waals surface area contributed by atoms with E-state index in [2.05, 4.69) is 34.7 Å². The molecule has 1 heterocycles. The molecule has 1 unspecified atom stereocenters. The minimum atomic E-state index is 0.0402. The number of carbonyl (C=O) groups excluding carboxylic acids is 1. The molecule has 1 fully saturated rings. The summed E-state index contributed by atoms with van der Waals surface area (Å²) >= 11 is 3.40. The molecule has 2 N–H and O–H groups in total. The van der Waals surface area contributed by atoms with Crippen LogP contribution in [-0.4, -0.2) is 47.9 Å². The fraction of sp³-hybridized carbons (Fsp3) is 0.533. The number of nitrogens with zero attached hydrogens (tertiary/aromatic N) is 2. The van der Waals surface area contributed by atoms with Crippen LogP contribution in [0.2, 0.25) is 0 Å². The van der Waals surface area contributed by atoms with Gasteiger partial charge in [0.05, 0.1) is 5.56 Å². The number of rotatable bonds is 4. The lowest BCUT2D eigenvalue weighted by Crippen LogP contribution is -2.38. The van der Waals surface area contributed by atoms with Crippen molar-refractivity contribution in [2.45, 2.75) is 26.3 Å². The summed E-state index contributed by atoms with van der Waals surface area (Å²) in [6, 6.07) is 5.91. The first-order valence-corrected chi connectivity index (χ1v) is 7.94. The number of hydrogen-bond acceptors (Lipinski definition) is 3. The van der Waals surface area contributed by atoms with Crippen LogP contribution in [0, 0.1) is 0 Å². The molecule has 0 spiro atoms. The van der Waals surface area contributed by atoms with Crippen molar-refractivity contribution in [3.05, 3.63) is 28.2 Å². The molecular formula is C15H22BrN3O. The lowest BCUT2D eigenvalue weighted by molar-refractivity contribution is 0.0779. The molecule has 1 aliphatic heterocycles. The van der Waals surface area contributed by atoms with Crippen molar-refractivity contribution in [2.75, 3.05) is 31.9 Å². The first-order valence-electron chi connectivity index (χ1n) is 7.15. The van der Waals surface area contributed by atoms with Crippen molar-refractivity contribution in [1.29, 1.82) is 0 Å². The predicted octanol–water partition coefficient (Wildman–Crippen LogP) is 2.59. The summed E-state index contributed by atoms with van der Waals surface area (Å²) in [4.78, 5) is 16.9. The Bertz CT molecular complexity index is 488. The fourth-order valence-corrected chi connectivity index (χ4v) is 3.21. The van der Waals surface area contributed by atoms with E-state index in [-0.39, 0.29) is 5.91 Å². The second kappa shape index (κ2) is 6.59. The molecule has 1 amide bonds. The van der Waals surface area contributed by atoms with Gasteiger partial charge in [0, 0.05) is 29.3 Å². The third-order valence-electron chi connectivity index (χ3n) is 4.03. The van der Waals surface area contributed by atoms with Gasteiger partial charge in [0.15, 0.2) is 0 Å². The minimum Gasteiger partial charge on any atom is -0.398 e. The molecule has 110 valence electrons. The van der Waals surface area contributed by atoms with E-state index >= 15 is 0 Å². The van der Waals surface area contributed by atoms with Gasteiger partial charge in [0.1, 0.15) is 0 Å². The van der Waals surface area contributed by atoms with E-state index in [1.165, 1.54) is 0 Å². The van der Waals surface area contributed by atoms with Crippen molar-refractivity contribution in [3.8, 4) is 0 Å². The van der Waals surface area contributed by atoms with E-state index in [4.69, 9.17) is 5.73 Å². The number of nitrogens with two attached hydrogens (primary N) is 1. The molecule has 1 aliphatic rings. The lowest BCUT2D eigenvalue weighted by atomic mass is 10.1. The van der Waals surface area contributed by atoms with Gasteiger partial charge >= 0.3 is 0 Å². The number of amides is 1. The van der Waals surface area contributed by atoms with Crippen LogP contribution < -0.4 is 5.73 Å². The molecule has 1 aromatic carbocycles.